The molecule has 0 radical (unpaired) electrons. The summed E-state index contributed by atoms with van der Waals surface area (Å²) in [7, 11) is 0. The third-order valence-electron chi connectivity index (χ3n) is 9.18. The molecule has 32 heavy (non-hydrogen) atoms. The number of rotatable bonds is 2. The molecule has 0 aromatic heterocycles. The molecule has 0 aromatic rings. The van der Waals surface area contributed by atoms with Crippen LogP contribution >= 0.6 is 0 Å². The number of ether oxygens (including phenoxy) is 2. The van der Waals surface area contributed by atoms with Crippen LogP contribution in [0.2, 0.25) is 0 Å². The van der Waals surface area contributed by atoms with Gasteiger partial charge in [-0.25, -0.2) is 8.78 Å². The minimum Gasteiger partial charge on any atom is -0.390 e. The van der Waals surface area contributed by atoms with Gasteiger partial charge >= 0.3 is 0 Å². The molecule has 9 atom stereocenters. The Balaban J connectivity index is 1.66. The molecule has 8 heteroatoms. The molecule has 4 aliphatic carbocycles. The summed E-state index contributed by atoms with van der Waals surface area (Å²) in [5.74, 6) is -3.53. The van der Waals surface area contributed by atoms with E-state index in [1.54, 1.807) is 20.8 Å². The molecule has 1 heterocycles. The molecule has 0 aromatic carbocycles. The number of carbonyl (C=O) groups excluding carboxylic acids is 2. The Labute approximate surface area is 185 Å². The predicted molar refractivity (Wildman–Crippen MR) is 109 cm³/mol. The molecular weight excluding hydrogens is 422 g/mol. The van der Waals surface area contributed by atoms with Crippen LogP contribution in [0.5, 0.6) is 0 Å². The summed E-state index contributed by atoms with van der Waals surface area (Å²) in [5, 5.41) is 21.1. The van der Waals surface area contributed by atoms with Crippen molar-refractivity contribution in [1.29, 1.82) is 0 Å². The lowest BCUT2D eigenvalue weighted by atomic mass is 9.44. The molecule has 0 amide bonds. The van der Waals surface area contributed by atoms with E-state index in [0.29, 0.717) is 0 Å². The first-order valence-electron chi connectivity index (χ1n) is 11.3. The summed E-state index contributed by atoms with van der Waals surface area (Å²) in [4.78, 5) is 25.1. The van der Waals surface area contributed by atoms with Crippen molar-refractivity contribution in [2.75, 3.05) is 6.61 Å². The molecule has 5 aliphatic rings. The van der Waals surface area contributed by atoms with Crippen LogP contribution in [0.1, 0.15) is 47.0 Å². The van der Waals surface area contributed by atoms with Gasteiger partial charge in [0.15, 0.2) is 28.6 Å². The second kappa shape index (κ2) is 6.34. The first kappa shape index (κ1) is 22.3. The van der Waals surface area contributed by atoms with E-state index in [4.69, 9.17) is 9.47 Å². The first-order valence-corrected chi connectivity index (χ1v) is 11.3. The fraction of sp³-hybridized carbons (Fsp3) is 0.750. The lowest BCUT2D eigenvalue weighted by Crippen LogP contribution is -2.71. The number of carbonyl (C=O) groups is 2. The van der Waals surface area contributed by atoms with Crippen LogP contribution in [0.4, 0.5) is 8.78 Å². The zero-order valence-corrected chi connectivity index (χ0v) is 18.7. The first-order chi connectivity index (χ1) is 14.8. The smallest absolute Gasteiger partial charge is 0.193 e. The van der Waals surface area contributed by atoms with E-state index >= 15 is 8.78 Å². The standard InChI is InChI=1S/C24H30F2O6/c1-20(2)31-19-9-13-14-8-16(25)15-7-12(28)5-6-21(15,3)23(14,26)17(29)10-22(13,4)24(19,32-20)18(30)11-27/h5-7,13-14,16-17,19,27,29H,8-11H2,1-4H3/t13-,14-,16+,17?,19+,21-,22-,23+,24-/m0/s1. The highest BCUT2D eigenvalue weighted by Crippen LogP contribution is 2.72. The Hall–Kier alpha value is -1.48. The van der Waals surface area contributed by atoms with E-state index in [1.807, 2.05) is 0 Å². The van der Waals surface area contributed by atoms with Crippen LogP contribution < -0.4 is 0 Å². The van der Waals surface area contributed by atoms with Crippen molar-refractivity contribution in [2.24, 2.45) is 22.7 Å². The van der Waals surface area contributed by atoms with Gasteiger partial charge < -0.3 is 19.7 Å². The zero-order chi connectivity index (χ0) is 23.5. The summed E-state index contributed by atoms with van der Waals surface area (Å²) >= 11 is 0. The Kier molecular flexibility index (Phi) is 4.42. The number of alkyl halides is 2. The highest BCUT2D eigenvalue weighted by atomic mass is 19.1. The Morgan fingerprint density at radius 1 is 1.22 bits per heavy atom. The van der Waals surface area contributed by atoms with Crippen LogP contribution in [-0.4, -0.2) is 63.8 Å². The van der Waals surface area contributed by atoms with Gasteiger partial charge in [0.25, 0.3) is 0 Å². The van der Waals surface area contributed by atoms with Crippen LogP contribution in [-0.2, 0) is 19.1 Å². The Bertz CT molecular complexity index is 960. The van der Waals surface area contributed by atoms with Crippen molar-refractivity contribution in [3.05, 3.63) is 23.8 Å². The maximum Gasteiger partial charge on any atom is 0.193 e. The highest BCUT2D eigenvalue weighted by molar-refractivity contribution is 6.01. The monoisotopic (exact) mass is 452 g/mol. The van der Waals surface area contributed by atoms with Crippen LogP contribution in [0.3, 0.4) is 0 Å². The molecule has 1 unspecified atom stereocenters. The van der Waals surface area contributed by atoms with E-state index in [9.17, 15) is 19.8 Å². The van der Waals surface area contributed by atoms with Crippen molar-refractivity contribution < 1.29 is 38.1 Å². The van der Waals surface area contributed by atoms with Gasteiger partial charge in [0, 0.05) is 16.7 Å². The van der Waals surface area contributed by atoms with Crippen molar-refractivity contribution in [3.8, 4) is 0 Å². The van der Waals surface area contributed by atoms with E-state index in [-0.39, 0.29) is 24.8 Å². The number of ketones is 2. The van der Waals surface area contributed by atoms with Crippen molar-refractivity contribution >= 4 is 11.6 Å². The molecule has 2 N–H and O–H groups in total. The van der Waals surface area contributed by atoms with Crippen LogP contribution in [0, 0.1) is 22.7 Å². The second-order valence-corrected chi connectivity index (χ2v) is 11.0. The summed E-state index contributed by atoms with van der Waals surface area (Å²) in [5.41, 5.74) is -6.30. The number of aliphatic hydroxyl groups is 2. The molecular formula is C24H30F2O6. The normalized spacial score (nSPS) is 53.2. The minimum absolute atomic E-state index is 0.0550. The molecule has 6 nitrogen and oxygen atoms in total. The van der Waals surface area contributed by atoms with E-state index in [1.165, 1.54) is 19.1 Å². The van der Waals surface area contributed by atoms with Crippen molar-refractivity contribution in [1.82, 2.24) is 0 Å². The van der Waals surface area contributed by atoms with Gasteiger partial charge in [0.2, 0.25) is 0 Å². The number of halogens is 2. The Morgan fingerprint density at radius 2 is 1.91 bits per heavy atom. The SMILES string of the molecule is CC1(C)O[C@@H]2C[C@H]3[C@@H]4C[C@@H](F)C5=CC(=O)C=C[C@]5(C)[C@]4(F)C(O)C[C@]3(C)[C@@]2(C(=O)CO)O1. The molecule has 3 saturated carbocycles. The maximum atomic E-state index is 17.1. The third-order valence-corrected chi connectivity index (χ3v) is 9.18. The summed E-state index contributed by atoms with van der Waals surface area (Å²) in [6.45, 7) is 5.87. The lowest BCUT2D eigenvalue weighted by molar-refractivity contribution is -0.248. The number of hydrogen-bond donors (Lipinski definition) is 2. The lowest BCUT2D eigenvalue weighted by Gasteiger charge is -2.63. The van der Waals surface area contributed by atoms with Gasteiger partial charge in [-0.1, -0.05) is 13.0 Å². The summed E-state index contributed by atoms with van der Waals surface area (Å²) in [6, 6.07) is 0. The van der Waals surface area contributed by atoms with Gasteiger partial charge in [-0.15, -0.1) is 0 Å². The van der Waals surface area contributed by atoms with E-state index in [2.05, 4.69) is 0 Å². The van der Waals surface area contributed by atoms with Gasteiger partial charge in [-0.05, 0) is 63.7 Å². The van der Waals surface area contributed by atoms with Crippen LogP contribution in [0.25, 0.3) is 0 Å². The molecule has 1 saturated heterocycles. The van der Waals surface area contributed by atoms with Gasteiger partial charge in [0.05, 0.1) is 12.2 Å². The maximum absolute atomic E-state index is 17.1. The van der Waals surface area contributed by atoms with Gasteiger partial charge in [-0.2, -0.15) is 0 Å². The van der Waals surface area contributed by atoms with E-state index < -0.39 is 76.3 Å². The van der Waals surface area contributed by atoms with Crippen molar-refractivity contribution in [2.45, 2.75) is 82.4 Å². The topological polar surface area (TPSA) is 93.1 Å². The van der Waals surface area contributed by atoms with Gasteiger partial charge in [0.1, 0.15) is 12.8 Å². The average Bonchev–Trinajstić information content (AvgIpc) is 3.11. The Morgan fingerprint density at radius 3 is 2.56 bits per heavy atom. The predicted octanol–water partition coefficient (Wildman–Crippen LogP) is 2.37. The third kappa shape index (κ3) is 2.32. The number of aliphatic hydroxyl groups excluding tert-OH is 2. The largest absolute Gasteiger partial charge is 0.390 e. The molecule has 5 rings (SSSR count). The molecule has 0 bridgehead atoms. The van der Waals surface area contributed by atoms with E-state index in [0.717, 1.165) is 6.08 Å². The fourth-order valence-electron chi connectivity index (χ4n) is 7.92. The number of fused-ring (bicyclic) bond motifs is 7. The minimum atomic E-state index is -2.24. The van der Waals surface area contributed by atoms with Crippen LogP contribution in [0.15, 0.2) is 23.8 Å². The second-order valence-electron chi connectivity index (χ2n) is 11.0. The summed E-state index contributed by atoms with van der Waals surface area (Å²) < 4.78 is 44.8. The van der Waals surface area contributed by atoms with Crippen molar-refractivity contribution in [3.63, 3.8) is 0 Å². The molecule has 1 aliphatic heterocycles. The number of Topliss-reactive ketones (excluding diaryl/α,β-unsaturated/α-hetero) is 1. The number of hydrogen-bond acceptors (Lipinski definition) is 6. The molecule has 0 spiro atoms. The highest BCUT2D eigenvalue weighted by Gasteiger charge is 2.80. The zero-order valence-electron chi connectivity index (χ0n) is 18.7. The molecule has 4 fully saturated rings. The fourth-order valence-corrected chi connectivity index (χ4v) is 7.92. The average molecular weight is 452 g/mol. The molecule has 176 valence electrons. The quantitative estimate of drug-likeness (QED) is 0.668. The summed E-state index contributed by atoms with van der Waals surface area (Å²) in [6.07, 6.45) is -0.151. The number of allylic oxidation sites excluding steroid dienone is 4. The van der Waals surface area contributed by atoms with Gasteiger partial charge in [-0.3, -0.25) is 9.59 Å².